The minimum atomic E-state index is -0.602. The van der Waals surface area contributed by atoms with E-state index >= 15 is 0 Å². The molecular formula is C23H27NO4. The first kappa shape index (κ1) is 21.4. The number of esters is 1. The van der Waals surface area contributed by atoms with Gasteiger partial charge in [0, 0.05) is 5.56 Å². The van der Waals surface area contributed by atoms with E-state index in [-0.39, 0.29) is 24.5 Å². The minimum absolute atomic E-state index is 0.167. The van der Waals surface area contributed by atoms with Crippen molar-refractivity contribution in [3.05, 3.63) is 70.8 Å². The van der Waals surface area contributed by atoms with E-state index in [4.69, 9.17) is 4.74 Å². The molecule has 0 radical (unpaired) electrons. The zero-order chi connectivity index (χ0) is 20.7. The predicted octanol–water partition coefficient (Wildman–Crippen LogP) is 4.29. The number of hydrogen-bond acceptors (Lipinski definition) is 4. The first-order valence-electron chi connectivity index (χ1n) is 9.43. The average molecular weight is 381 g/mol. The quantitative estimate of drug-likeness (QED) is 0.547. The number of nitrogens with one attached hydrogen (secondary N) is 1. The lowest BCUT2D eigenvalue weighted by atomic mass is 9.93. The van der Waals surface area contributed by atoms with Gasteiger partial charge in [-0.15, -0.1) is 0 Å². The van der Waals surface area contributed by atoms with Crippen molar-refractivity contribution in [2.75, 3.05) is 6.61 Å². The van der Waals surface area contributed by atoms with Gasteiger partial charge in [0.05, 0.1) is 11.6 Å². The molecule has 1 N–H and O–H groups in total. The second-order valence-electron chi connectivity index (χ2n) is 7.43. The molecule has 0 saturated carbocycles. The molecule has 0 bridgehead atoms. The van der Waals surface area contributed by atoms with Crippen LogP contribution >= 0.6 is 0 Å². The summed E-state index contributed by atoms with van der Waals surface area (Å²) in [5.41, 5.74) is 3.02. The van der Waals surface area contributed by atoms with E-state index in [1.165, 1.54) is 29.8 Å². The highest BCUT2D eigenvalue weighted by molar-refractivity contribution is 5.92. The Bertz CT molecular complexity index is 808. The smallest absolute Gasteiger partial charge is 0.338 e. The second-order valence-corrected chi connectivity index (χ2v) is 7.43. The Morgan fingerprint density at radius 3 is 2.00 bits per heavy atom. The molecule has 2 aromatic carbocycles. The molecule has 1 atom stereocenters. The van der Waals surface area contributed by atoms with Gasteiger partial charge in [-0.2, -0.15) is 0 Å². The molecular weight excluding hydrogens is 354 g/mol. The Kier molecular flexibility index (Phi) is 7.50. The molecule has 2 aromatic rings. The summed E-state index contributed by atoms with van der Waals surface area (Å²) < 4.78 is 5.09. The first-order valence-corrected chi connectivity index (χ1v) is 9.43. The predicted molar refractivity (Wildman–Crippen MR) is 108 cm³/mol. The van der Waals surface area contributed by atoms with Gasteiger partial charge in [0.2, 0.25) is 0 Å². The Labute approximate surface area is 166 Å². The van der Waals surface area contributed by atoms with Crippen LogP contribution in [0.4, 0.5) is 0 Å². The summed E-state index contributed by atoms with van der Waals surface area (Å²) in [6.07, 6.45) is 0.697. The summed E-state index contributed by atoms with van der Waals surface area (Å²) in [6.45, 7) is 7.97. The molecule has 148 valence electrons. The van der Waals surface area contributed by atoms with Gasteiger partial charge in [0.1, 0.15) is 6.29 Å². The number of hydrogen-bond donors (Lipinski definition) is 1. The van der Waals surface area contributed by atoms with Crippen LogP contribution in [0.15, 0.2) is 48.5 Å². The third-order valence-electron chi connectivity index (χ3n) is 4.56. The number of ether oxygens (including phenoxy) is 1. The Balaban J connectivity index is 1.96. The van der Waals surface area contributed by atoms with Crippen molar-refractivity contribution in [1.82, 2.24) is 5.32 Å². The average Bonchev–Trinajstić information content (AvgIpc) is 2.70. The molecule has 0 unspecified atom stereocenters. The van der Waals surface area contributed by atoms with Gasteiger partial charge in [-0.25, -0.2) is 4.79 Å². The summed E-state index contributed by atoms with van der Waals surface area (Å²) in [5.74, 6) is -0.332. The fourth-order valence-corrected chi connectivity index (χ4v) is 2.85. The number of carbonyl (C=O) groups excluding carboxylic acids is 3. The molecule has 28 heavy (non-hydrogen) atoms. The van der Waals surface area contributed by atoms with Crippen LogP contribution in [0, 0.1) is 5.92 Å². The van der Waals surface area contributed by atoms with Gasteiger partial charge in [0.15, 0.2) is 6.61 Å². The van der Waals surface area contributed by atoms with Crippen molar-refractivity contribution >= 4 is 18.2 Å². The zero-order valence-corrected chi connectivity index (χ0v) is 16.8. The topological polar surface area (TPSA) is 72.5 Å². The van der Waals surface area contributed by atoms with Crippen LogP contribution in [-0.4, -0.2) is 24.8 Å². The highest BCUT2D eigenvalue weighted by atomic mass is 16.5. The molecule has 0 saturated heterocycles. The van der Waals surface area contributed by atoms with E-state index < -0.39 is 5.97 Å². The highest BCUT2D eigenvalue weighted by Crippen LogP contribution is 2.24. The van der Waals surface area contributed by atoms with Gasteiger partial charge in [0.25, 0.3) is 5.91 Å². The fourth-order valence-electron chi connectivity index (χ4n) is 2.85. The third-order valence-corrected chi connectivity index (χ3v) is 4.56. The van der Waals surface area contributed by atoms with E-state index in [1.54, 1.807) is 0 Å². The van der Waals surface area contributed by atoms with Gasteiger partial charge >= 0.3 is 5.97 Å². The second kappa shape index (κ2) is 9.83. The van der Waals surface area contributed by atoms with Crippen LogP contribution in [0.2, 0.25) is 0 Å². The lowest BCUT2D eigenvalue weighted by Crippen LogP contribution is -2.35. The maximum atomic E-state index is 12.3. The number of aldehydes is 1. The molecule has 5 nitrogen and oxygen atoms in total. The zero-order valence-electron chi connectivity index (χ0n) is 16.8. The third kappa shape index (κ3) is 5.78. The molecule has 2 rings (SSSR count). The highest BCUT2D eigenvalue weighted by Gasteiger charge is 2.19. The van der Waals surface area contributed by atoms with E-state index in [1.807, 2.05) is 26.0 Å². The normalized spacial score (nSPS) is 11.9. The van der Waals surface area contributed by atoms with E-state index in [0.717, 1.165) is 5.56 Å². The molecule has 5 heteroatoms. The molecule has 0 aliphatic carbocycles. The molecule has 0 fully saturated rings. The van der Waals surface area contributed by atoms with E-state index in [9.17, 15) is 14.4 Å². The number of amides is 1. The standard InChI is InChI=1S/C23H27NO4/c1-15(2)18-9-11-19(12-10-18)22(16(3)4)24-21(26)14-28-23(27)20-7-5-17(13-25)6-8-20/h5-13,15-16,22H,14H2,1-4H3,(H,24,26)/t22-/m1/s1. The summed E-state index contributed by atoms with van der Waals surface area (Å²) in [5, 5.41) is 2.94. The van der Waals surface area contributed by atoms with Crippen LogP contribution in [0.5, 0.6) is 0 Å². The van der Waals surface area contributed by atoms with Crippen molar-refractivity contribution in [3.63, 3.8) is 0 Å². The molecule has 0 spiro atoms. The maximum Gasteiger partial charge on any atom is 0.338 e. The van der Waals surface area contributed by atoms with Crippen molar-refractivity contribution < 1.29 is 19.1 Å². The number of rotatable bonds is 8. The molecule has 0 heterocycles. The Morgan fingerprint density at radius 1 is 0.929 bits per heavy atom. The van der Waals surface area contributed by atoms with Gasteiger partial charge in [-0.05, 0) is 35.1 Å². The van der Waals surface area contributed by atoms with Crippen LogP contribution in [0.25, 0.3) is 0 Å². The van der Waals surface area contributed by atoms with Gasteiger partial charge in [-0.3, -0.25) is 9.59 Å². The fraction of sp³-hybridized carbons (Fsp3) is 0.348. The molecule has 0 aliphatic rings. The first-order chi connectivity index (χ1) is 13.3. The van der Waals surface area contributed by atoms with Crippen LogP contribution < -0.4 is 5.32 Å². The van der Waals surface area contributed by atoms with Gasteiger partial charge in [-0.1, -0.05) is 64.1 Å². The monoisotopic (exact) mass is 381 g/mol. The largest absolute Gasteiger partial charge is 0.452 e. The lowest BCUT2D eigenvalue weighted by Gasteiger charge is -2.23. The Hall–Kier alpha value is -2.95. The molecule has 0 aliphatic heterocycles. The van der Waals surface area contributed by atoms with Crippen molar-refractivity contribution in [2.45, 2.75) is 39.7 Å². The summed E-state index contributed by atoms with van der Waals surface area (Å²) in [4.78, 5) is 35.0. The van der Waals surface area contributed by atoms with Crippen molar-refractivity contribution in [2.24, 2.45) is 5.92 Å². The summed E-state index contributed by atoms with van der Waals surface area (Å²) >= 11 is 0. The molecule has 0 aromatic heterocycles. The lowest BCUT2D eigenvalue weighted by molar-refractivity contribution is -0.125. The van der Waals surface area contributed by atoms with Crippen molar-refractivity contribution in [3.8, 4) is 0 Å². The van der Waals surface area contributed by atoms with Gasteiger partial charge < -0.3 is 10.1 Å². The summed E-state index contributed by atoms with van der Waals surface area (Å²) in [7, 11) is 0. The summed E-state index contributed by atoms with van der Waals surface area (Å²) in [6, 6.07) is 14.1. The van der Waals surface area contributed by atoms with Crippen LogP contribution in [0.1, 0.15) is 71.5 Å². The maximum absolute atomic E-state index is 12.3. The van der Waals surface area contributed by atoms with E-state index in [2.05, 4.69) is 31.3 Å². The van der Waals surface area contributed by atoms with Crippen molar-refractivity contribution in [1.29, 1.82) is 0 Å². The van der Waals surface area contributed by atoms with Crippen LogP contribution in [-0.2, 0) is 9.53 Å². The van der Waals surface area contributed by atoms with Crippen LogP contribution in [0.3, 0.4) is 0 Å². The SMILES string of the molecule is CC(C)c1ccc([C@H](NC(=O)COC(=O)c2ccc(C=O)cc2)C(C)C)cc1. The number of benzene rings is 2. The number of carbonyl (C=O) groups is 3. The Morgan fingerprint density at radius 2 is 1.50 bits per heavy atom. The minimum Gasteiger partial charge on any atom is -0.452 e. The molecule has 1 amide bonds. The van der Waals surface area contributed by atoms with E-state index in [0.29, 0.717) is 23.3 Å².